The van der Waals surface area contributed by atoms with E-state index in [2.05, 4.69) is 20.9 Å². The van der Waals surface area contributed by atoms with Crippen LogP contribution in [0.1, 0.15) is 31.2 Å². The van der Waals surface area contributed by atoms with E-state index < -0.39 is 78.4 Å². The van der Waals surface area contributed by atoms with E-state index >= 15 is 0 Å². The monoisotopic (exact) mass is 560 g/mol. The summed E-state index contributed by atoms with van der Waals surface area (Å²) in [5.41, 5.74) is 22.3. The van der Waals surface area contributed by atoms with Crippen molar-refractivity contribution in [2.24, 2.45) is 22.9 Å². The molecule has 0 saturated heterocycles. The third-order valence-electron chi connectivity index (χ3n) is 5.82. The molecule has 0 fully saturated rings. The summed E-state index contributed by atoms with van der Waals surface area (Å²) in [6, 6.07) is 1.16. The molecule has 13 N–H and O–H groups in total. The number of para-hydroxylation sites is 1. The highest BCUT2D eigenvalue weighted by molar-refractivity contribution is 5.97. The van der Waals surface area contributed by atoms with E-state index in [1.165, 1.54) is 0 Å². The molecule has 1 heterocycles. The molecule has 4 atom stereocenters. The number of primary amides is 3. The maximum absolute atomic E-state index is 13.0. The lowest BCUT2D eigenvalue weighted by Crippen LogP contribution is -2.58. The molecule has 1 aromatic heterocycles. The zero-order valence-corrected chi connectivity index (χ0v) is 21.3. The zero-order valence-electron chi connectivity index (χ0n) is 21.3. The van der Waals surface area contributed by atoms with E-state index in [0.717, 1.165) is 10.9 Å². The standard InChI is InChI=1S/C24H32N8O8/c25-13(8-19(27)34)21(36)30-15(5-6-18(26)33)22(37)31-16(9-20(28)35)23(38)32-17(24(39)40)7-11-10-29-14-4-2-1-3-12(11)14/h1-4,10,13,15-17,29H,5-9,25H2,(H2,26,33)(H2,27,34)(H2,28,35)(H,30,36)(H,31,37)(H,32,38)(H,39,40). The SMILES string of the molecule is NC(=O)CCC(NC(=O)C(N)CC(N)=O)C(=O)NC(CC(N)=O)C(=O)NC(Cc1c[nH]c2ccccc12)C(=O)O. The number of nitrogens with one attached hydrogen (secondary N) is 4. The Bertz CT molecular complexity index is 1290. The van der Waals surface area contributed by atoms with E-state index in [4.69, 9.17) is 22.9 Å². The van der Waals surface area contributed by atoms with Crippen molar-refractivity contribution in [2.45, 2.75) is 56.3 Å². The summed E-state index contributed by atoms with van der Waals surface area (Å²) < 4.78 is 0. The summed E-state index contributed by atoms with van der Waals surface area (Å²) in [5, 5.41) is 17.2. The number of fused-ring (bicyclic) bond motifs is 1. The van der Waals surface area contributed by atoms with Crippen LogP contribution in [-0.4, -0.2) is 75.7 Å². The molecular formula is C24H32N8O8. The number of hydrogen-bond donors (Lipinski definition) is 9. The molecule has 16 nitrogen and oxygen atoms in total. The fourth-order valence-corrected chi connectivity index (χ4v) is 3.82. The normalized spacial score (nSPS) is 13.8. The van der Waals surface area contributed by atoms with Crippen molar-refractivity contribution in [2.75, 3.05) is 0 Å². The molecule has 0 aliphatic heterocycles. The van der Waals surface area contributed by atoms with Crippen molar-refractivity contribution in [1.29, 1.82) is 0 Å². The first-order chi connectivity index (χ1) is 18.8. The van der Waals surface area contributed by atoms with Gasteiger partial charge in [-0.3, -0.25) is 28.8 Å². The number of aromatic nitrogens is 1. The number of carboxylic acid groups (broad SMARTS) is 1. The van der Waals surface area contributed by atoms with Crippen LogP contribution in [0.2, 0.25) is 0 Å². The van der Waals surface area contributed by atoms with Gasteiger partial charge in [0, 0.05) is 29.9 Å². The predicted molar refractivity (Wildman–Crippen MR) is 139 cm³/mol. The minimum atomic E-state index is -1.64. The third-order valence-corrected chi connectivity index (χ3v) is 5.82. The van der Waals surface area contributed by atoms with Crippen molar-refractivity contribution in [1.82, 2.24) is 20.9 Å². The Morgan fingerprint density at radius 3 is 1.95 bits per heavy atom. The maximum Gasteiger partial charge on any atom is 0.326 e. The molecule has 4 unspecified atom stereocenters. The van der Waals surface area contributed by atoms with E-state index in [0.29, 0.717) is 5.56 Å². The first kappa shape index (κ1) is 31.2. The number of rotatable bonds is 16. The summed E-state index contributed by atoms with van der Waals surface area (Å²) in [6.45, 7) is 0. The Kier molecular flexibility index (Phi) is 11.1. The fourth-order valence-electron chi connectivity index (χ4n) is 3.82. The first-order valence-corrected chi connectivity index (χ1v) is 12.1. The summed E-state index contributed by atoms with van der Waals surface area (Å²) in [4.78, 5) is 87.3. The molecule has 216 valence electrons. The molecule has 6 amide bonds. The topological polar surface area (TPSA) is 296 Å². The lowest BCUT2D eigenvalue weighted by molar-refractivity contribution is -0.142. The number of amides is 6. The van der Waals surface area contributed by atoms with Crippen molar-refractivity contribution in [3.8, 4) is 0 Å². The Hall–Kier alpha value is -4.99. The number of carbonyl (C=O) groups is 7. The maximum atomic E-state index is 13.0. The van der Waals surface area contributed by atoms with E-state index in [-0.39, 0.29) is 19.3 Å². The first-order valence-electron chi connectivity index (χ1n) is 12.1. The number of H-pyrrole nitrogens is 1. The second-order valence-corrected chi connectivity index (χ2v) is 9.04. The van der Waals surface area contributed by atoms with Crippen LogP contribution in [-0.2, 0) is 40.0 Å². The van der Waals surface area contributed by atoms with Gasteiger partial charge < -0.3 is 49.0 Å². The largest absolute Gasteiger partial charge is 0.480 e. The molecule has 2 rings (SSSR count). The molecule has 0 bridgehead atoms. The number of carboxylic acids is 1. The second-order valence-electron chi connectivity index (χ2n) is 9.04. The highest BCUT2D eigenvalue weighted by Crippen LogP contribution is 2.19. The molecule has 0 radical (unpaired) electrons. The summed E-state index contributed by atoms with van der Waals surface area (Å²) in [6.07, 6.45) is -0.451. The molecule has 0 saturated carbocycles. The van der Waals surface area contributed by atoms with Crippen molar-refractivity contribution >= 4 is 52.3 Å². The number of aliphatic carboxylic acids is 1. The minimum Gasteiger partial charge on any atom is -0.480 e. The van der Waals surface area contributed by atoms with Crippen LogP contribution in [0.4, 0.5) is 0 Å². The Morgan fingerprint density at radius 1 is 0.775 bits per heavy atom. The van der Waals surface area contributed by atoms with Crippen molar-refractivity contribution < 1.29 is 38.7 Å². The van der Waals surface area contributed by atoms with Crippen LogP contribution in [0.3, 0.4) is 0 Å². The van der Waals surface area contributed by atoms with Gasteiger partial charge in [-0.25, -0.2) is 4.79 Å². The average Bonchev–Trinajstić information content (AvgIpc) is 3.27. The van der Waals surface area contributed by atoms with Crippen LogP contribution in [0, 0.1) is 0 Å². The number of hydrogen-bond acceptors (Lipinski definition) is 8. The Balaban J connectivity index is 2.20. The Morgan fingerprint density at radius 2 is 1.35 bits per heavy atom. The second kappa shape index (κ2) is 14.2. The van der Waals surface area contributed by atoms with Crippen LogP contribution in [0.15, 0.2) is 30.5 Å². The number of nitrogens with two attached hydrogens (primary N) is 4. The number of aromatic amines is 1. The molecule has 0 aliphatic rings. The summed E-state index contributed by atoms with van der Waals surface area (Å²) >= 11 is 0. The van der Waals surface area contributed by atoms with Crippen molar-refractivity contribution in [3.63, 3.8) is 0 Å². The third kappa shape index (κ3) is 9.39. The van der Waals surface area contributed by atoms with E-state index in [1.54, 1.807) is 30.5 Å². The van der Waals surface area contributed by atoms with Gasteiger partial charge in [-0.1, -0.05) is 18.2 Å². The molecule has 2 aromatic rings. The van der Waals surface area contributed by atoms with E-state index in [9.17, 15) is 38.7 Å². The zero-order chi connectivity index (χ0) is 30.0. The Labute approximate surface area is 227 Å². The summed E-state index contributed by atoms with van der Waals surface area (Å²) in [5.74, 6) is -7.07. The molecule has 16 heteroatoms. The lowest BCUT2D eigenvalue weighted by atomic mass is 10.0. The fraction of sp³-hybridized carbons (Fsp3) is 0.375. The van der Waals surface area contributed by atoms with Gasteiger partial charge in [0.25, 0.3) is 0 Å². The van der Waals surface area contributed by atoms with E-state index in [1.807, 2.05) is 0 Å². The van der Waals surface area contributed by atoms with Crippen LogP contribution in [0.25, 0.3) is 10.9 Å². The van der Waals surface area contributed by atoms with Gasteiger partial charge in [0.15, 0.2) is 0 Å². The average molecular weight is 561 g/mol. The highest BCUT2D eigenvalue weighted by atomic mass is 16.4. The number of benzene rings is 1. The van der Waals surface area contributed by atoms with Gasteiger partial charge in [0.2, 0.25) is 35.4 Å². The quantitative estimate of drug-likeness (QED) is 0.0986. The smallest absolute Gasteiger partial charge is 0.326 e. The lowest BCUT2D eigenvalue weighted by Gasteiger charge is -2.24. The van der Waals surface area contributed by atoms with Gasteiger partial charge in [0.05, 0.1) is 18.9 Å². The summed E-state index contributed by atoms with van der Waals surface area (Å²) in [7, 11) is 0. The van der Waals surface area contributed by atoms with Gasteiger partial charge in [-0.05, 0) is 18.1 Å². The van der Waals surface area contributed by atoms with Crippen LogP contribution in [0.5, 0.6) is 0 Å². The van der Waals surface area contributed by atoms with Gasteiger partial charge >= 0.3 is 5.97 Å². The molecule has 40 heavy (non-hydrogen) atoms. The molecule has 0 aliphatic carbocycles. The predicted octanol–water partition coefficient (Wildman–Crippen LogP) is -3.41. The molecule has 0 spiro atoms. The minimum absolute atomic E-state index is 0.128. The molecule has 1 aromatic carbocycles. The van der Waals surface area contributed by atoms with Crippen LogP contribution >= 0.6 is 0 Å². The van der Waals surface area contributed by atoms with Crippen molar-refractivity contribution in [3.05, 3.63) is 36.0 Å². The van der Waals surface area contributed by atoms with Crippen LogP contribution < -0.4 is 38.9 Å². The molecular weight excluding hydrogens is 528 g/mol. The highest BCUT2D eigenvalue weighted by Gasteiger charge is 2.32. The number of carbonyl (C=O) groups excluding carboxylic acids is 6. The van der Waals surface area contributed by atoms with Gasteiger partial charge in [-0.2, -0.15) is 0 Å². The van der Waals surface area contributed by atoms with Gasteiger partial charge in [0.1, 0.15) is 18.1 Å². The van der Waals surface area contributed by atoms with Gasteiger partial charge in [-0.15, -0.1) is 0 Å².